The number of rotatable bonds is 10. The molecular formula is C31H31N3O5S. The van der Waals surface area contributed by atoms with Gasteiger partial charge in [0.1, 0.15) is 5.92 Å². The number of sulfonamides is 1. The lowest BCUT2D eigenvalue weighted by Crippen LogP contribution is -2.47. The molecule has 4 rings (SSSR count). The Labute approximate surface area is 234 Å². The number of amides is 3. The number of carbonyl (C=O) groups is 3. The maximum absolute atomic E-state index is 13.7. The van der Waals surface area contributed by atoms with Crippen molar-refractivity contribution in [1.29, 1.82) is 0 Å². The fraction of sp³-hybridized carbons (Fsp3) is 0.194. The van der Waals surface area contributed by atoms with Gasteiger partial charge in [0.15, 0.2) is 0 Å². The van der Waals surface area contributed by atoms with Crippen molar-refractivity contribution in [3.8, 4) is 0 Å². The Kier molecular flexibility index (Phi) is 8.96. The predicted molar refractivity (Wildman–Crippen MR) is 155 cm³/mol. The number of carbonyl (C=O) groups excluding carboxylic acids is 3. The Balaban J connectivity index is 1.56. The van der Waals surface area contributed by atoms with Crippen LogP contribution in [0.25, 0.3) is 10.8 Å². The predicted octanol–water partition coefficient (Wildman–Crippen LogP) is 4.62. The van der Waals surface area contributed by atoms with Crippen molar-refractivity contribution in [3.05, 3.63) is 108 Å². The molecule has 3 amide bonds. The summed E-state index contributed by atoms with van der Waals surface area (Å²) in [4.78, 5) is 39.1. The summed E-state index contributed by atoms with van der Waals surface area (Å²) in [5.41, 5.74) is 1.70. The molecule has 0 bridgehead atoms. The van der Waals surface area contributed by atoms with Gasteiger partial charge in [-0.05, 0) is 73.0 Å². The van der Waals surface area contributed by atoms with Gasteiger partial charge in [-0.25, -0.2) is 12.7 Å². The summed E-state index contributed by atoms with van der Waals surface area (Å²) in [6.45, 7) is 3.45. The first-order chi connectivity index (χ1) is 19.2. The second-order valence-electron chi connectivity index (χ2n) is 9.19. The summed E-state index contributed by atoms with van der Waals surface area (Å²) >= 11 is 0. The molecule has 206 valence electrons. The zero-order valence-corrected chi connectivity index (χ0v) is 23.1. The summed E-state index contributed by atoms with van der Waals surface area (Å²) < 4.78 is 27.9. The van der Waals surface area contributed by atoms with E-state index in [4.69, 9.17) is 0 Å². The monoisotopic (exact) mass is 557 g/mol. The van der Waals surface area contributed by atoms with E-state index in [1.165, 1.54) is 12.1 Å². The zero-order chi connectivity index (χ0) is 28.7. The molecule has 0 aromatic heterocycles. The minimum absolute atomic E-state index is 0.0126. The van der Waals surface area contributed by atoms with E-state index < -0.39 is 27.8 Å². The van der Waals surface area contributed by atoms with E-state index in [-0.39, 0.29) is 30.3 Å². The Morgan fingerprint density at radius 2 is 1.45 bits per heavy atom. The van der Waals surface area contributed by atoms with Crippen molar-refractivity contribution in [2.75, 3.05) is 18.4 Å². The van der Waals surface area contributed by atoms with E-state index in [0.717, 1.165) is 15.1 Å². The molecule has 9 heteroatoms. The maximum Gasteiger partial charge on any atom is 0.266 e. The van der Waals surface area contributed by atoms with Gasteiger partial charge in [-0.1, -0.05) is 60.7 Å². The van der Waals surface area contributed by atoms with Gasteiger partial charge in [0, 0.05) is 24.3 Å². The van der Waals surface area contributed by atoms with Crippen LogP contribution >= 0.6 is 0 Å². The van der Waals surface area contributed by atoms with Crippen molar-refractivity contribution < 1.29 is 22.8 Å². The fourth-order valence-corrected chi connectivity index (χ4v) is 5.89. The van der Waals surface area contributed by atoms with Crippen LogP contribution in [0.15, 0.2) is 102 Å². The van der Waals surface area contributed by atoms with Gasteiger partial charge in [-0.2, -0.15) is 0 Å². The van der Waals surface area contributed by atoms with Crippen LogP contribution in [0.4, 0.5) is 5.69 Å². The molecule has 0 saturated heterocycles. The largest absolute Gasteiger partial charge is 0.356 e. The Morgan fingerprint density at radius 3 is 2.10 bits per heavy atom. The molecular weight excluding hydrogens is 526 g/mol. The Bertz CT molecular complexity index is 1620. The minimum Gasteiger partial charge on any atom is -0.356 e. The first kappa shape index (κ1) is 28.5. The van der Waals surface area contributed by atoms with E-state index >= 15 is 0 Å². The molecule has 0 saturated carbocycles. The molecule has 0 aliphatic rings. The van der Waals surface area contributed by atoms with Crippen LogP contribution in [-0.4, -0.2) is 43.5 Å². The summed E-state index contributed by atoms with van der Waals surface area (Å²) in [6, 6.07) is 27.6. The van der Waals surface area contributed by atoms with Crippen molar-refractivity contribution in [2.24, 2.45) is 5.92 Å². The second-order valence-corrected chi connectivity index (χ2v) is 11.0. The quantitative estimate of drug-likeness (QED) is 0.276. The second kappa shape index (κ2) is 12.6. The Morgan fingerprint density at radius 1 is 0.800 bits per heavy atom. The molecule has 0 spiro atoms. The number of hydrogen-bond acceptors (Lipinski definition) is 5. The zero-order valence-electron chi connectivity index (χ0n) is 22.3. The molecule has 40 heavy (non-hydrogen) atoms. The molecule has 0 unspecified atom stereocenters. The molecule has 0 aliphatic heterocycles. The summed E-state index contributed by atoms with van der Waals surface area (Å²) in [5.74, 6) is -2.88. The third-order valence-electron chi connectivity index (χ3n) is 6.50. The van der Waals surface area contributed by atoms with Crippen LogP contribution in [-0.2, 0) is 26.0 Å². The van der Waals surface area contributed by atoms with Gasteiger partial charge in [0.05, 0.1) is 4.90 Å². The maximum atomic E-state index is 13.7. The highest BCUT2D eigenvalue weighted by Crippen LogP contribution is 2.24. The first-order valence-electron chi connectivity index (χ1n) is 13.0. The lowest BCUT2D eigenvalue weighted by Gasteiger charge is -2.26. The standard InChI is InChI=1S/C31H31N3O5S/c1-3-32-30(36)28(20-22-14-17-26(18-15-22)33-29(35)24-11-6-5-7-12-24)31(37)34(4-2)40(38,39)27-19-16-23-10-8-9-13-25(23)21-27/h5-19,21,28H,3-4,20H2,1-2H3,(H,32,36)(H,33,35)/t28-/m0/s1. The molecule has 1 atom stereocenters. The molecule has 0 aliphatic carbocycles. The van der Waals surface area contributed by atoms with Gasteiger partial charge in [-0.15, -0.1) is 0 Å². The van der Waals surface area contributed by atoms with Gasteiger partial charge in [0.2, 0.25) is 11.8 Å². The van der Waals surface area contributed by atoms with Crippen LogP contribution in [0.5, 0.6) is 0 Å². The highest BCUT2D eigenvalue weighted by atomic mass is 32.2. The molecule has 4 aromatic carbocycles. The van der Waals surface area contributed by atoms with Gasteiger partial charge in [0.25, 0.3) is 15.9 Å². The number of fused-ring (bicyclic) bond motifs is 1. The van der Waals surface area contributed by atoms with Gasteiger partial charge >= 0.3 is 0 Å². The lowest BCUT2D eigenvalue weighted by atomic mass is 9.97. The molecule has 2 N–H and O–H groups in total. The topological polar surface area (TPSA) is 113 Å². The highest BCUT2D eigenvalue weighted by Gasteiger charge is 2.36. The third kappa shape index (κ3) is 6.38. The summed E-state index contributed by atoms with van der Waals surface area (Å²) in [6.07, 6.45) is -0.0126. The van der Waals surface area contributed by atoms with Crippen LogP contribution in [0.1, 0.15) is 29.8 Å². The van der Waals surface area contributed by atoms with Crippen molar-refractivity contribution in [2.45, 2.75) is 25.2 Å². The molecule has 0 radical (unpaired) electrons. The number of benzene rings is 4. The van der Waals surface area contributed by atoms with E-state index in [9.17, 15) is 22.8 Å². The number of hydrogen-bond donors (Lipinski definition) is 2. The van der Waals surface area contributed by atoms with E-state index in [0.29, 0.717) is 16.8 Å². The van der Waals surface area contributed by atoms with Gasteiger partial charge < -0.3 is 10.6 Å². The number of nitrogens with one attached hydrogen (secondary N) is 2. The smallest absolute Gasteiger partial charge is 0.266 e. The average Bonchev–Trinajstić information content (AvgIpc) is 2.97. The molecule has 0 fully saturated rings. The van der Waals surface area contributed by atoms with E-state index in [2.05, 4.69) is 10.6 Å². The number of nitrogens with zero attached hydrogens (tertiary/aromatic N) is 1. The van der Waals surface area contributed by atoms with E-state index in [1.807, 2.05) is 24.3 Å². The van der Waals surface area contributed by atoms with Crippen LogP contribution < -0.4 is 10.6 Å². The average molecular weight is 558 g/mol. The van der Waals surface area contributed by atoms with Crippen LogP contribution in [0.2, 0.25) is 0 Å². The normalized spacial score (nSPS) is 11.9. The lowest BCUT2D eigenvalue weighted by molar-refractivity contribution is -0.138. The van der Waals surface area contributed by atoms with E-state index in [1.54, 1.807) is 74.5 Å². The van der Waals surface area contributed by atoms with Crippen molar-refractivity contribution >= 4 is 44.2 Å². The summed E-state index contributed by atoms with van der Waals surface area (Å²) in [7, 11) is -4.22. The highest BCUT2D eigenvalue weighted by molar-refractivity contribution is 7.89. The minimum atomic E-state index is -4.22. The molecule has 4 aromatic rings. The van der Waals surface area contributed by atoms with Crippen LogP contribution in [0, 0.1) is 5.92 Å². The SMILES string of the molecule is CCNC(=O)[C@H](Cc1ccc(NC(=O)c2ccccc2)cc1)C(=O)N(CC)S(=O)(=O)c1ccc2ccccc2c1. The molecule has 8 nitrogen and oxygen atoms in total. The molecule has 0 heterocycles. The summed E-state index contributed by atoms with van der Waals surface area (Å²) in [5, 5.41) is 7.07. The van der Waals surface area contributed by atoms with Crippen molar-refractivity contribution in [1.82, 2.24) is 9.62 Å². The first-order valence-corrected chi connectivity index (χ1v) is 14.5. The Hall–Kier alpha value is -4.50. The third-order valence-corrected chi connectivity index (χ3v) is 8.36. The van der Waals surface area contributed by atoms with Gasteiger partial charge in [-0.3, -0.25) is 14.4 Å². The van der Waals surface area contributed by atoms with Crippen molar-refractivity contribution in [3.63, 3.8) is 0 Å². The van der Waals surface area contributed by atoms with Crippen LogP contribution in [0.3, 0.4) is 0 Å². The number of anilines is 1. The fourth-order valence-electron chi connectivity index (χ4n) is 4.42.